The highest BCUT2D eigenvalue weighted by Crippen LogP contribution is 2.30. The number of hydrogen-bond donors (Lipinski definition) is 2. The van der Waals surface area contributed by atoms with Gasteiger partial charge in [0.2, 0.25) is 0 Å². The van der Waals surface area contributed by atoms with E-state index in [1.165, 1.54) is 32.4 Å². The molecule has 0 spiro atoms. The quantitative estimate of drug-likeness (QED) is 0.690. The molecule has 156 valence electrons. The number of para-hydroxylation sites is 2. The van der Waals surface area contributed by atoms with Crippen molar-refractivity contribution < 1.29 is 9.53 Å². The Morgan fingerprint density at radius 2 is 1.79 bits per heavy atom. The molecular formula is C24H33N3O2. The molecule has 1 amide bonds. The molecule has 4 rings (SSSR count). The average molecular weight is 396 g/mol. The number of carbonyl (C=O) groups is 1. The molecule has 2 fully saturated rings. The van der Waals surface area contributed by atoms with Gasteiger partial charge in [-0.3, -0.25) is 4.79 Å². The number of anilines is 2. The molecule has 1 saturated carbocycles. The van der Waals surface area contributed by atoms with E-state index < -0.39 is 0 Å². The van der Waals surface area contributed by atoms with E-state index in [0.717, 1.165) is 31.1 Å². The van der Waals surface area contributed by atoms with Crippen molar-refractivity contribution in [3.05, 3.63) is 54.1 Å². The van der Waals surface area contributed by atoms with Crippen molar-refractivity contribution in [3.8, 4) is 5.75 Å². The third kappa shape index (κ3) is 5.97. The van der Waals surface area contributed by atoms with E-state index in [9.17, 15) is 4.79 Å². The maximum atomic E-state index is 12.4. The number of hydrogen-bond acceptors (Lipinski definition) is 4. The van der Waals surface area contributed by atoms with Gasteiger partial charge in [0.15, 0.2) is 0 Å². The fourth-order valence-corrected chi connectivity index (χ4v) is 3.77. The molecule has 1 aliphatic carbocycles. The van der Waals surface area contributed by atoms with E-state index in [1.807, 2.05) is 24.3 Å². The average Bonchev–Trinajstić information content (AvgIpc) is 3.53. The summed E-state index contributed by atoms with van der Waals surface area (Å²) in [5.41, 5.74) is 7.66. The Kier molecular flexibility index (Phi) is 7.15. The van der Waals surface area contributed by atoms with Crippen LogP contribution >= 0.6 is 0 Å². The number of nitrogen functional groups attached to an aromatic ring is 1. The number of amides is 1. The number of ether oxygens (including phenoxy) is 1. The molecule has 1 saturated heterocycles. The van der Waals surface area contributed by atoms with E-state index >= 15 is 0 Å². The zero-order valence-electron chi connectivity index (χ0n) is 16.3. The fourth-order valence-electron chi connectivity index (χ4n) is 3.77. The molecule has 0 unspecified atom stereocenters. The van der Waals surface area contributed by atoms with Crippen LogP contribution in [0.25, 0.3) is 0 Å². The smallest absolute Gasteiger partial charge is 0.255 e. The van der Waals surface area contributed by atoms with Gasteiger partial charge >= 0.3 is 0 Å². The number of nitrogens with zero attached hydrogens (tertiary/aromatic N) is 1. The summed E-state index contributed by atoms with van der Waals surface area (Å²) in [6.07, 6.45) is 6.43. The summed E-state index contributed by atoms with van der Waals surface area (Å²) in [7, 11) is 0. The van der Waals surface area contributed by atoms with Crippen LogP contribution in [-0.4, -0.2) is 36.5 Å². The second kappa shape index (κ2) is 9.79. The summed E-state index contributed by atoms with van der Waals surface area (Å²) in [5.74, 6) is 1.61. The van der Waals surface area contributed by atoms with Gasteiger partial charge in [0, 0.05) is 18.7 Å². The van der Waals surface area contributed by atoms with Gasteiger partial charge < -0.3 is 20.7 Å². The molecule has 2 aromatic rings. The number of rotatable bonds is 6. The highest BCUT2D eigenvalue weighted by Gasteiger charge is 2.26. The molecule has 1 aliphatic heterocycles. The molecule has 0 aromatic heterocycles. The van der Waals surface area contributed by atoms with Crippen molar-refractivity contribution in [1.29, 1.82) is 0 Å². The van der Waals surface area contributed by atoms with Crippen molar-refractivity contribution in [2.24, 2.45) is 5.92 Å². The molecule has 2 aromatic carbocycles. The topological polar surface area (TPSA) is 67.6 Å². The van der Waals surface area contributed by atoms with Crippen molar-refractivity contribution in [3.63, 3.8) is 0 Å². The van der Waals surface area contributed by atoms with Gasteiger partial charge in [-0.25, -0.2) is 0 Å². The summed E-state index contributed by atoms with van der Waals surface area (Å²) in [5, 5.41) is 2.85. The van der Waals surface area contributed by atoms with Crippen LogP contribution in [0.3, 0.4) is 0 Å². The number of nitrogens with two attached hydrogens (primary N) is 1. The lowest BCUT2D eigenvalue weighted by molar-refractivity contribution is 0.102. The van der Waals surface area contributed by atoms with Crippen LogP contribution in [0.1, 0.15) is 49.9 Å². The number of nitrogens with one attached hydrogen (secondary N) is 1. The minimum atomic E-state index is -0.172. The standard InChI is InChI=1S/C23H29N3O2.CH4/c24-21-5-1-2-6-22(21)25-23(27)18-9-11-20(12-10-18)28-19-4-3-14-26(15-13-19)16-17-7-8-17;/h1-2,5-6,9-12,17,19H,3-4,7-8,13-16,24H2,(H,25,27);1H4/t19-;/m1./s1. The van der Waals surface area contributed by atoms with Gasteiger partial charge in [0.05, 0.1) is 17.5 Å². The summed E-state index contributed by atoms with van der Waals surface area (Å²) >= 11 is 0. The minimum Gasteiger partial charge on any atom is -0.490 e. The van der Waals surface area contributed by atoms with Gasteiger partial charge in [-0.2, -0.15) is 0 Å². The molecule has 0 radical (unpaired) electrons. The lowest BCUT2D eigenvalue weighted by atomic mass is 10.1. The zero-order chi connectivity index (χ0) is 19.3. The first-order valence-electron chi connectivity index (χ1n) is 10.3. The zero-order valence-corrected chi connectivity index (χ0v) is 16.3. The monoisotopic (exact) mass is 395 g/mol. The van der Waals surface area contributed by atoms with E-state index in [2.05, 4.69) is 10.2 Å². The van der Waals surface area contributed by atoms with Crippen molar-refractivity contribution in [1.82, 2.24) is 4.90 Å². The summed E-state index contributed by atoms with van der Waals surface area (Å²) in [6, 6.07) is 14.6. The van der Waals surface area contributed by atoms with Gasteiger partial charge in [-0.05, 0) is 81.0 Å². The highest BCUT2D eigenvalue weighted by atomic mass is 16.5. The van der Waals surface area contributed by atoms with Gasteiger partial charge in [0.25, 0.3) is 5.91 Å². The first-order valence-corrected chi connectivity index (χ1v) is 10.3. The van der Waals surface area contributed by atoms with Crippen LogP contribution in [0, 0.1) is 5.92 Å². The first kappa shape index (κ1) is 21.2. The Morgan fingerprint density at radius 1 is 1.03 bits per heavy atom. The second-order valence-electron chi connectivity index (χ2n) is 7.98. The lowest BCUT2D eigenvalue weighted by Gasteiger charge is -2.20. The molecule has 2 aliphatic rings. The Hall–Kier alpha value is -2.53. The van der Waals surface area contributed by atoms with Crippen LogP contribution in [0.4, 0.5) is 11.4 Å². The van der Waals surface area contributed by atoms with E-state index in [0.29, 0.717) is 16.9 Å². The van der Waals surface area contributed by atoms with E-state index in [-0.39, 0.29) is 19.4 Å². The Bertz CT molecular complexity index is 802. The Balaban J connectivity index is 0.00000240. The number of likely N-dealkylation sites (tertiary alicyclic amines) is 1. The van der Waals surface area contributed by atoms with Gasteiger partial charge in [-0.15, -0.1) is 0 Å². The SMILES string of the molecule is C.Nc1ccccc1NC(=O)c1ccc(O[C@@H]2CCCN(CC3CC3)CC2)cc1. The van der Waals surface area contributed by atoms with Crippen molar-refractivity contribution in [2.45, 2.75) is 45.6 Å². The van der Waals surface area contributed by atoms with Crippen molar-refractivity contribution in [2.75, 3.05) is 30.7 Å². The summed E-state index contributed by atoms with van der Waals surface area (Å²) in [6.45, 7) is 3.58. The van der Waals surface area contributed by atoms with Gasteiger partial charge in [0.1, 0.15) is 5.75 Å². The molecule has 29 heavy (non-hydrogen) atoms. The lowest BCUT2D eigenvalue weighted by Crippen LogP contribution is -2.28. The maximum Gasteiger partial charge on any atom is 0.255 e. The largest absolute Gasteiger partial charge is 0.490 e. The van der Waals surface area contributed by atoms with E-state index in [4.69, 9.17) is 10.5 Å². The normalized spacial score (nSPS) is 19.7. The molecule has 5 heteroatoms. The summed E-state index contributed by atoms with van der Waals surface area (Å²) in [4.78, 5) is 15.0. The second-order valence-corrected chi connectivity index (χ2v) is 7.98. The molecule has 1 atom stereocenters. The molecule has 5 nitrogen and oxygen atoms in total. The summed E-state index contributed by atoms with van der Waals surface area (Å²) < 4.78 is 6.20. The van der Waals surface area contributed by atoms with Crippen LogP contribution < -0.4 is 15.8 Å². The van der Waals surface area contributed by atoms with Gasteiger partial charge in [-0.1, -0.05) is 19.6 Å². The predicted octanol–water partition coefficient (Wildman–Crippen LogP) is 4.80. The number of benzene rings is 2. The fraction of sp³-hybridized carbons (Fsp3) is 0.458. The Labute approximate surface area is 174 Å². The first-order chi connectivity index (χ1) is 13.7. The van der Waals surface area contributed by atoms with Crippen LogP contribution in [0.15, 0.2) is 48.5 Å². The Morgan fingerprint density at radius 3 is 2.52 bits per heavy atom. The number of carbonyl (C=O) groups excluding carboxylic acids is 1. The minimum absolute atomic E-state index is 0. The molecule has 1 heterocycles. The molecule has 0 bridgehead atoms. The highest BCUT2D eigenvalue weighted by molar-refractivity contribution is 6.05. The maximum absolute atomic E-state index is 12.4. The molecular weight excluding hydrogens is 362 g/mol. The predicted molar refractivity (Wildman–Crippen MR) is 119 cm³/mol. The molecule has 3 N–H and O–H groups in total. The van der Waals surface area contributed by atoms with E-state index in [1.54, 1.807) is 24.3 Å². The third-order valence-corrected chi connectivity index (χ3v) is 5.61. The van der Waals surface area contributed by atoms with Crippen LogP contribution in [0.2, 0.25) is 0 Å². The van der Waals surface area contributed by atoms with Crippen LogP contribution in [-0.2, 0) is 0 Å². The van der Waals surface area contributed by atoms with Crippen molar-refractivity contribution >= 4 is 17.3 Å². The van der Waals surface area contributed by atoms with Crippen LogP contribution in [0.5, 0.6) is 5.75 Å². The third-order valence-electron chi connectivity index (χ3n) is 5.61.